The van der Waals surface area contributed by atoms with Crippen LogP contribution in [0.5, 0.6) is 0 Å². The second kappa shape index (κ2) is 8.01. The zero-order valence-electron chi connectivity index (χ0n) is 15.2. The van der Waals surface area contributed by atoms with Crippen molar-refractivity contribution in [2.75, 3.05) is 0 Å². The zero-order valence-corrected chi connectivity index (χ0v) is 15.2. The third kappa shape index (κ3) is 4.15. The quantitative estimate of drug-likeness (QED) is 0.531. The van der Waals surface area contributed by atoms with Crippen LogP contribution in [-0.4, -0.2) is 14.8 Å². The number of rotatable bonds is 7. The first-order valence-corrected chi connectivity index (χ1v) is 9.07. The van der Waals surface area contributed by atoms with Crippen molar-refractivity contribution in [3.8, 4) is 11.3 Å². The topological polar surface area (TPSA) is 55.9 Å². The third-order valence-electron chi connectivity index (χ3n) is 4.53. The van der Waals surface area contributed by atoms with E-state index in [0.717, 1.165) is 29.1 Å². The predicted octanol–water partition coefficient (Wildman–Crippen LogP) is 4.44. The normalized spacial score (nSPS) is 12.2. The fourth-order valence-electron chi connectivity index (χ4n) is 3.09. The van der Waals surface area contributed by atoms with E-state index in [4.69, 9.17) is 9.52 Å². The second-order valence-electron chi connectivity index (χ2n) is 6.55. The van der Waals surface area contributed by atoms with Crippen molar-refractivity contribution in [2.24, 2.45) is 0 Å². The van der Waals surface area contributed by atoms with E-state index in [1.165, 1.54) is 5.56 Å². The van der Waals surface area contributed by atoms with Gasteiger partial charge in [-0.05, 0) is 36.8 Å². The van der Waals surface area contributed by atoms with Crippen LogP contribution >= 0.6 is 0 Å². The summed E-state index contributed by atoms with van der Waals surface area (Å²) in [4.78, 5) is 4.25. The Hall–Kier alpha value is -3.18. The molecular weight excluding hydrogens is 336 g/mol. The number of aromatic nitrogens is 3. The number of nitrogens with one attached hydrogen (secondary N) is 1. The molecule has 1 atom stereocenters. The van der Waals surface area contributed by atoms with Gasteiger partial charge in [0.2, 0.25) is 0 Å². The molecule has 0 aliphatic heterocycles. The van der Waals surface area contributed by atoms with Gasteiger partial charge in [0.05, 0.1) is 24.5 Å². The maximum atomic E-state index is 5.49. The van der Waals surface area contributed by atoms with Crippen LogP contribution < -0.4 is 5.32 Å². The van der Waals surface area contributed by atoms with Gasteiger partial charge in [-0.3, -0.25) is 9.67 Å². The van der Waals surface area contributed by atoms with Crippen molar-refractivity contribution < 1.29 is 4.42 Å². The summed E-state index contributed by atoms with van der Waals surface area (Å²) >= 11 is 0. The molecule has 3 aromatic heterocycles. The van der Waals surface area contributed by atoms with Crippen molar-refractivity contribution in [1.82, 2.24) is 20.1 Å². The van der Waals surface area contributed by atoms with Crippen LogP contribution in [0.2, 0.25) is 0 Å². The molecule has 0 amide bonds. The van der Waals surface area contributed by atoms with Crippen molar-refractivity contribution in [3.05, 3.63) is 96.3 Å². The fourth-order valence-corrected chi connectivity index (χ4v) is 3.09. The monoisotopic (exact) mass is 358 g/mol. The molecule has 4 rings (SSSR count). The highest BCUT2D eigenvalue weighted by Crippen LogP contribution is 2.23. The van der Waals surface area contributed by atoms with E-state index in [9.17, 15) is 0 Å². The van der Waals surface area contributed by atoms with Crippen molar-refractivity contribution >= 4 is 0 Å². The summed E-state index contributed by atoms with van der Waals surface area (Å²) in [5.74, 6) is 0.926. The van der Waals surface area contributed by atoms with E-state index in [1.54, 1.807) is 12.5 Å². The van der Waals surface area contributed by atoms with E-state index in [1.807, 2.05) is 53.3 Å². The van der Waals surface area contributed by atoms with Crippen LogP contribution in [-0.2, 0) is 13.1 Å². The summed E-state index contributed by atoms with van der Waals surface area (Å²) in [6.07, 6.45) is 7.44. The summed E-state index contributed by atoms with van der Waals surface area (Å²) in [6, 6.07) is 18.4. The summed E-state index contributed by atoms with van der Waals surface area (Å²) in [6.45, 7) is 3.53. The van der Waals surface area contributed by atoms with Gasteiger partial charge in [0.1, 0.15) is 5.76 Å². The maximum Gasteiger partial charge on any atom is 0.120 e. The summed E-state index contributed by atoms with van der Waals surface area (Å²) in [7, 11) is 0. The van der Waals surface area contributed by atoms with E-state index in [-0.39, 0.29) is 6.04 Å². The lowest BCUT2D eigenvalue weighted by atomic mass is 10.1. The van der Waals surface area contributed by atoms with Gasteiger partial charge in [-0.25, -0.2) is 0 Å². The molecule has 5 heteroatoms. The lowest BCUT2D eigenvalue weighted by Crippen LogP contribution is -2.17. The molecule has 27 heavy (non-hydrogen) atoms. The summed E-state index contributed by atoms with van der Waals surface area (Å²) in [5, 5.41) is 8.35. The van der Waals surface area contributed by atoms with Crippen LogP contribution in [0.25, 0.3) is 11.3 Å². The van der Waals surface area contributed by atoms with Crippen LogP contribution in [0.4, 0.5) is 0 Å². The van der Waals surface area contributed by atoms with Crippen molar-refractivity contribution in [2.45, 2.75) is 26.1 Å². The minimum atomic E-state index is 0.124. The highest BCUT2D eigenvalue weighted by molar-refractivity contribution is 5.61. The largest absolute Gasteiger partial charge is 0.468 e. The maximum absolute atomic E-state index is 5.49. The van der Waals surface area contributed by atoms with Gasteiger partial charge < -0.3 is 9.73 Å². The SMILES string of the molecule is C[C@H](NCc1cn(Cc2ccccc2)nc1-c1cccnc1)c1ccco1. The molecular formula is C22H22N4O. The number of benzene rings is 1. The molecule has 1 N–H and O–H groups in total. The molecule has 0 radical (unpaired) electrons. The molecule has 0 unspecified atom stereocenters. The van der Waals surface area contributed by atoms with Gasteiger partial charge in [0.15, 0.2) is 0 Å². The van der Waals surface area contributed by atoms with Crippen molar-refractivity contribution in [1.29, 1.82) is 0 Å². The van der Waals surface area contributed by atoms with Gasteiger partial charge in [-0.1, -0.05) is 30.3 Å². The fraction of sp³-hybridized carbons (Fsp3) is 0.182. The van der Waals surface area contributed by atoms with Crippen LogP contribution in [0.15, 0.2) is 83.9 Å². The molecule has 3 heterocycles. The second-order valence-corrected chi connectivity index (χ2v) is 6.55. The first kappa shape index (κ1) is 17.2. The molecule has 0 aliphatic carbocycles. The lowest BCUT2D eigenvalue weighted by Gasteiger charge is -2.11. The Kier molecular flexibility index (Phi) is 5.12. The van der Waals surface area contributed by atoms with Gasteiger partial charge in [0, 0.05) is 36.3 Å². The minimum absolute atomic E-state index is 0.124. The standard InChI is InChI=1S/C22H22N4O/c1-17(21-10-6-12-27-21)24-14-20-16-26(15-18-7-3-2-4-8-18)25-22(20)19-9-5-11-23-13-19/h2-13,16-17,24H,14-15H2,1H3/t17-/m0/s1. The molecule has 1 aromatic carbocycles. The molecule has 4 aromatic rings. The Bertz CT molecular complexity index is 962. The number of furan rings is 1. The smallest absolute Gasteiger partial charge is 0.120 e. The average molecular weight is 358 g/mol. The molecule has 136 valence electrons. The number of nitrogens with zero attached hydrogens (tertiary/aromatic N) is 3. The van der Waals surface area contributed by atoms with Gasteiger partial charge in [0.25, 0.3) is 0 Å². The first-order valence-electron chi connectivity index (χ1n) is 9.07. The highest BCUT2D eigenvalue weighted by Gasteiger charge is 2.14. The van der Waals surface area contributed by atoms with E-state index in [2.05, 4.69) is 35.6 Å². The third-order valence-corrected chi connectivity index (χ3v) is 4.53. The molecule has 0 spiro atoms. The number of pyridine rings is 1. The minimum Gasteiger partial charge on any atom is -0.468 e. The molecule has 0 saturated heterocycles. The lowest BCUT2D eigenvalue weighted by molar-refractivity contribution is 0.430. The Labute approximate surface area is 158 Å². The average Bonchev–Trinajstić information content (AvgIpc) is 3.38. The molecule has 0 fully saturated rings. The Balaban J connectivity index is 1.58. The zero-order chi connectivity index (χ0) is 18.5. The number of hydrogen-bond donors (Lipinski definition) is 1. The molecule has 0 aliphatic rings. The van der Waals surface area contributed by atoms with Gasteiger partial charge in [-0.2, -0.15) is 5.10 Å². The van der Waals surface area contributed by atoms with E-state index >= 15 is 0 Å². The van der Waals surface area contributed by atoms with Crippen LogP contribution in [0.3, 0.4) is 0 Å². The van der Waals surface area contributed by atoms with Crippen LogP contribution in [0, 0.1) is 0 Å². The first-order chi connectivity index (χ1) is 13.3. The van der Waals surface area contributed by atoms with E-state index in [0.29, 0.717) is 6.54 Å². The summed E-state index contributed by atoms with van der Waals surface area (Å²) < 4.78 is 7.48. The van der Waals surface area contributed by atoms with Gasteiger partial charge >= 0.3 is 0 Å². The van der Waals surface area contributed by atoms with Gasteiger partial charge in [-0.15, -0.1) is 0 Å². The number of hydrogen-bond acceptors (Lipinski definition) is 4. The Morgan fingerprint density at radius 1 is 1.07 bits per heavy atom. The highest BCUT2D eigenvalue weighted by atomic mass is 16.3. The Morgan fingerprint density at radius 3 is 2.70 bits per heavy atom. The predicted molar refractivity (Wildman–Crippen MR) is 105 cm³/mol. The molecule has 0 bridgehead atoms. The van der Waals surface area contributed by atoms with E-state index < -0.39 is 0 Å². The molecule has 0 saturated carbocycles. The Morgan fingerprint density at radius 2 is 1.96 bits per heavy atom. The summed E-state index contributed by atoms with van der Waals surface area (Å²) in [5.41, 5.74) is 4.34. The molecule has 5 nitrogen and oxygen atoms in total. The van der Waals surface area contributed by atoms with Crippen LogP contribution in [0.1, 0.15) is 29.9 Å². The van der Waals surface area contributed by atoms with Crippen molar-refractivity contribution in [3.63, 3.8) is 0 Å².